The summed E-state index contributed by atoms with van der Waals surface area (Å²) in [4.78, 5) is 23.4. The summed E-state index contributed by atoms with van der Waals surface area (Å²) in [5.41, 5.74) is -0.131. The first-order valence-electron chi connectivity index (χ1n) is 6.07. The molecule has 0 saturated carbocycles. The molecule has 0 heterocycles. The van der Waals surface area contributed by atoms with Gasteiger partial charge in [0.15, 0.2) is 0 Å². The minimum absolute atomic E-state index is 0.108. The van der Waals surface area contributed by atoms with Gasteiger partial charge in [0.1, 0.15) is 17.1 Å². The van der Waals surface area contributed by atoms with Gasteiger partial charge in [-0.2, -0.15) is 0 Å². The van der Waals surface area contributed by atoms with Gasteiger partial charge in [-0.25, -0.2) is 9.59 Å². The number of esters is 2. The van der Waals surface area contributed by atoms with Gasteiger partial charge in [0.25, 0.3) is 0 Å². The van der Waals surface area contributed by atoms with Gasteiger partial charge in [-0.15, -0.1) is 0 Å². The second-order valence-electron chi connectivity index (χ2n) is 3.74. The van der Waals surface area contributed by atoms with Crippen LogP contribution >= 0.6 is 0 Å². The molecular formula is C14H16O6. The molecule has 1 rings (SSSR count). The van der Waals surface area contributed by atoms with E-state index in [4.69, 9.17) is 9.47 Å². The Morgan fingerprint density at radius 1 is 1.10 bits per heavy atom. The Morgan fingerprint density at radius 2 is 1.65 bits per heavy atom. The van der Waals surface area contributed by atoms with E-state index in [-0.39, 0.29) is 35.8 Å². The maximum atomic E-state index is 11.7. The molecule has 0 amide bonds. The van der Waals surface area contributed by atoms with Gasteiger partial charge < -0.3 is 19.7 Å². The standard InChI is InChI=1S/C14H16O6/c1-3-19-13(17)11(14(18)20-4-2)7-9-5-6-10(15)8-12(9)16/h5-8,15-16H,3-4H2,1-2H3. The predicted octanol–water partition coefficient (Wildman–Crippen LogP) is 1.61. The third kappa shape index (κ3) is 4.01. The minimum atomic E-state index is -0.835. The van der Waals surface area contributed by atoms with E-state index < -0.39 is 11.9 Å². The van der Waals surface area contributed by atoms with Crippen LogP contribution < -0.4 is 0 Å². The van der Waals surface area contributed by atoms with Crippen LogP contribution in [-0.2, 0) is 19.1 Å². The third-order valence-corrected chi connectivity index (χ3v) is 2.30. The zero-order chi connectivity index (χ0) is 15.1. The largest absolute Gasteiger partial charge is 0.508 e. The Morgan fingerprint density at radius 3 is 2.10 bits per heavy atom. The zero-order valence-corrected chi connectivity index (χ0v) is 11.3. The summed E-state index contributed by atoms with van der Waals surface area (Å²) in [5.74, 6) is -2.07. The van der Waals surface area contributed by atoms with Crippen LogP contribution in [-0.4, -0.2) is 35.4 Å². The molecule has 0 aromatic heterocycles. The van der Waals surface area contributed by atoms with Crippen LogP contribution in [0.15, 0.2) is 23.8 Å². The summed E-state index contributed by atoms with van der Waals surface area (Å²) in [6.07, 6.45) is 1.16. The third-order valence-electron chi connectivity index (χ3n) is 2.30. The number of carbonyl (C=O) groups is 2. The topological polar surface area (TPSA) is 93.1 Å². The van der Waals surface area contributed by atoms with Crippen molar-refractivity contribution < 1.29 is 29.3 Å². The van der Waals surface area contributed by atoms with Crippen molar-refractivity contribution >= 4 is 18.0 Å². The molecule has 6 heteroatoms. The van der Waals surface area contributed by atoms with Gasteiger partial charge in [-0.1, -0.05) is 0 Å². The second kappa shape index (κ2) is 7.18. The monoisotopic (exact) mass is 280 g/mol. The highest BCUT2D eigenvalue weighted by molar-refractivity contribution is 6.17. The number of aromatic hydroxyl groups is 2. The van der Waals surface area contributed by atoms with Gasteiger partial charge in [-0.05, 0) is 32.1 Å². The van der Waals surface area contributed by atoms with E-state index in [1.54, 1.807) is 13.8 Å². The van der Waals surface area contributed by atoms with Crippen molar-refractivity contribution in [2.45, 2.75) is 13.8 Å². The van der Waals surface area contributed by atoms with Crippen LogP contribution in [0.2, 0.25) is 0 Å². The molecule has 0 atom stereocenters. The number of phenolic OH excluding ortho intramolecular Hbond substituents is 2. The molecule has 0 unspecified atom stereocenters. The zero-order valence-electron chi connectivity index (χ0n) is 11.3. The van der Waals surface area contributed by atoms with Crippen molar-refractivity contribution in [2.24, 2.45) is 0 Å². The molecule has 0 fully saturated rings. The van der Waals surface area contributed by atoms with E-state index in [2.05, 4.69) is 0 Å². The molecule has 2 N–H and O–H groups in total. The van der Waals surface area contributed by atoms with Gasteiger partial charge in [0.2, 0.25) is 0 Å². The molecule has 108 valence electrons. The molecule has 20 heavy (non-hydrogen) atoms. The Hall–Kier alpha value is -2.50. The Kier molecular flexibility index (Phi) is 5.58. The van der Waals surface area contributed by atoms with Crippen molar-refractivity contribution in [3.8, 4) is 11.5 Å². The molecule has 6 nitrogen and oxygen atoms in total. The molecule has 0 radical (unpaired) electrons. The highest BCUT2D eigenvalue weighted by Crippen LogP contribution is 2.25. The number of benzene rings is 1. The summed E-state index contributed by atoms with van der Waals surface area (Å²) >= 11 is 0. The quantitative estimate of drug-likeness (QED) is 0.368. The van der Waals surface area contributed by atoms with Gasteiger partial charge in [0, 0.05) is 11.6 Å². The molecule has 0 aliphatic rings. The molecule has 1 aromatic rings. The SMILES string of the molecule is CCOC(=O)C(=Cc1ccc(O)cc1O)C(=O)OCC. The van der Waals surface area contributed by atoms with Gasteiger partial charge >= 0.3 is 11.9 Å². The number of carbonyl (C=O) groups excluding carboxylic acids is 2. The van der Waals surface area contributed by atoms with E-state index in [0.717, 1.165) is 12.1 Å². The Balaban J connectivity index is 3.17. The molecular weight excluding hydrogens is 264 g/mol. The maximum absolute atomic E-state index is 11.7. The lowest BCUT2D eigenvalue weighted by Gasteiger charge is -2.07. The van der Waals surface area contributed by atoms with Crippen LogP contribution in [0, 0.1) is 0 Å². The normalized spacial score (nSPS) is 9.70. The summed E-state index contributed by atoms with van der Waals surface area (Å²) in [6, 6.07) is 3.78. The van der Waals surface area contributed by atoms with Crippen LogP contribution in [0.3, 0.4) is 0 Å². The molecule has 0 aliphatic heterocycles. The first-order valence-corrected chi connectivity index (χ1v) is 6.07. The van der Waals surface area contributed by atoms with Gasteiger partial charge in [0.05, 0.1) is 13.2 Å². The fourth-order valence-corrected chi connectivity index (χ4v) is 1.43. The number of phenols is 2. The molecule has 0 bridgehead atoms. The summed E-state index contributed by atoms with van der Waals surface area (Å²) in [6.45, 7) is 3.44. The highest BCUT2D eigenvalue weighted by atomic mass is 16.6. The van der Waals surface area contributed by atoms with Crippen LogP contribution in [0.25, 0.3) is 6.08 Å². The lowest BCUT2D eigenvalue weighted by molar-refractivity contribution is -0.146. The lowest BCUT2D eigenvalue weighted by atomic mass is 10.1. The average molecular weight is 280 g/mol. The number of rotatable bonds is 5. The van der Waals surface area contributed by atoms with Crippen LogP contribution in [0.1, 0.15) is 19.4 Å². The summed E-state index contributed by atoms with van der Waals surface area (Å²) < 4.78 is 9.54. The molecule has 1 aromatic carbocycles. The number of hydrogen-bond acceptors (Lipinski definition) is 6. The second-order valence-corrected chi connectivity index (χ2v) is 3.74. The van der Waals surface area contributed by atoms with E-state index >= 15 is 0 Å². The predicted molar refractivity (Wildman–Crippen MR) is 71.0 cm³/mol. The number of hydrogen-bond donors (Lipinski definition) is 2. The first kappa shape index (κ1) is 15.6. The van der Waals surface area contributed by atoms with Gasteiger partial charge in [-0.3, -0.25) is 0 Å². The van der Waals surface area contributed by atoms with E-state index in [0.29, 0.717) is 0 Å². The fraction of sp³-hybridized carbons (Fsp3) is 0.286. The molecule has 0 saturated heterocycles. The fourth-order valence-electron chi connectivity index (χ4n) is 1.43. The van der Waals surface area contributed by atoms with E-state index in [1.807, 2.05) is 0 Å². The average Bonchev–Trinajstić information content (AvgIpc) is 2.38. The Bertz CT molecular complexity index is 512. The molecule has 0 aliphatic carbocycles. The van der Waals surface area contributed by atoms with Crippen molar-refractivity contribution in [2.75, 3.05) is 13.2 Å². The van der Waals surface area contributed by atoms with E-state index in [9.17, 15) is 19.8 Å². The van der Waals surface area contributed by atoms with Crippen LogP contribution in [0.4, 0.5) is 0 Å². The van der Waals surface area contributed by atoms with Crippen molar-refractivity contribution in [1.82, 2.24) is 0 Å². The lowest BCUT2D eigenvalue weighted by Crippen LogP contribution is -2.18. The summed E-state index contributed by atoms with van der Waals surface area (Å²) in [5, 5.41) is 18.8. The summed E-state index contributed by atoms with van der Waals surface area (Å²) in [7, 11) is 0. The number of ether oxygens (including phenoxy) is 2. The maximum Gasteiger partial charge on any atom is 0.345 e. The highest BCUT2D eigenvalue weighted by Gasteiger charge is 2.21. The molecule has 0 spiro atoms. The van der Waals surface area contributed by atoms with Crippen molar-refractivity contribution in [1.29, 1.82) is 0 Å². The minimum Gasteiger partial charge on any atom is -0.508 e. The van der Waals surface area contributed by atoms with Crippen molar-refractivity contribution in [3.63, 3.8) is 0 Å². The first-order chi connectivity index (χ1) is 9.49. The van der Waals surface area contributed by atoms with Crippen LogP contribution in [0.5, 0.6) is 11.5 Å². The Labute approximate surface area is 116 Å². The van der Waals surface area contributed by atoms with Crippen molar-refractivity contribution in [3.05, 3.63) is 29.3 Å². The smallest absolute Gasteiger partial charge is 0.345 e. The van der Waals surface area contributed by atoms with E-state index in [1.165, 1.54) is 12.1 Å².